The molecule has 2 aliphatic heterocycles. The van der Waals surface area contributed by atoms with Crippen LogP contribution >= 0.6 is 0 Å². The van der Waals surface area contributed by atoms with Crippen LogP contribution in [0.1, 0.15) is 67.2 Å². The predicted molar refractivity (Wildman–Crippen MR) is 124 cm³/mol. The van der Waals surface area contributed by atoms with Gasteiger partial charge in [0.05, 0.1) is 0 Å². The maximum atomic E-state index is 11.9. The second-order valence-electron chi connectivity index (χ2n) is 12.1. The standard InChI is InChI=1S/2C12H22N2O2/c2*1-12(2,3)16-11(15)14-6-8-4-5-10(13)9(8)7-14/h2*8-10H,4-7,13H2,1-3H3/t2*8-,9+,10+/m10/s1. The van der Waals surface area contributed by atoms with Crippen molar-refractivity contribution >= 4 is 12.2 Å². The first-order valence-corrected chi connectivity index (χ1v) is 12.2. The number of carbonyl (C=O) groups is 2. The first-order chi connectivity index (χ1) is 14.7. The molecule has 4 rings (SSSR count). The van der Waals surface area contributed by atoms with Crippen molar-refractivity contribution < 1.29 is 19.1 Å². The number of nitrogens with zero attached hydrogens (tertiary/aromatic N) is 2. The summed E-state index contributed by atoms with van der Waals surface area (Å²) in [6, 6.07) is 0.551. The molecule has 0 aromatic rings. The van der Waals surface area contributed by atoms with E-state index >= 15 is 0 Å². The van der Waals surface area contributed by atoms with Gasteiger partial charge < -0.3 is 30.7 Å². The highest BCUT2D eigenvalue weighted by atomic mass is 16.6. The van der Waals surface area contributed by atoms with Crippen LogP contribution in [0.3, 0.4) is 0 Å². The molecular weight excluding hydrogens is 408 g/mol. The van der Waals surface area contributed by atoms with Crippen LogP contribution in [-0.2, 0) is 9.47 Å². The maximum Gasteiger partial charge on any atom is 0.410 e. The van der Waals surface area contributed by atoms with E-state index in [1.807, 2.05) is 51.3 Å². The zero-order valence-electron chi connectivity index (χ0n) is 20.8. The minimum Gasteiger partial charge on any atom is -0.444 e. The Hall–Kier alpha value is -1.54. The molecule has 0 unspecified atom stereocenters. The summed E-state index contributed by atoms with van der Waals surface area (Å²) in [7, 11) is 0. The number of hydrogen-bond acceptors (Lipinski definition) is 6. The van der Waals surface area contributed by atoms with E-state index in [9.17, 15) is 9.59 Å². The van der Waals surface area contributed by atoms with Crippen molar-refractivity contribution in [2.24, 2.45) is 35.1 Å². The molecule has 2 heterocycles. The largest absolute Gasteiger partial charge is 0.444 e. The molecule has 32 heavy (non-hydrogen) atoms. The number of carbonyl (C=O) groups excluding carboxylic acids is 2. The Morgan fingerprint density at radius 2 is 1.00 bits per heavy atom. The lowest BCUT2D eigenvalue weighted by atomic mass is 9.98. The molecule has 0 spiro atoms. The summed E-state index contributed by atoms with van der Waals surface area (Å²) in [5.41, 5.74) is 11.2. The topological polar surface area (TPSA) is 111 Å². The van der Waals surface area contributed by atoms with Crippen molar-refractivity contribution in [2.75, 3.05) is 26.2 Å². The summed E-state index contributed by atoms with van der Waals surface area (Å²) in [5, 5.41) is 0. The molecule has 0 radical (unpaired) electrons. The molecule has 4 aliphatic rings. The van der Waals surface area contributed by atoms with Crippen molar-refractivity contribution in [3.63, 3.8) is 0 Å². The summed E-state index contributed by atoms with van der Waals surface area (Å²) in [6.07, 6.45) is 4.16. The lowest BCUT2D eigenvalue weighted by Gasteiger charge is -2.25. The average molecular weight is 453 g/mol. The van der Waals surface area contributed by atoms with Crippen LogP contribution < -0.4 is 11.5 Å². The van der Waals surface area contributed by atoms with Gasteiger partial charge in [0, 0.05) is 38.3 Å². The van der Waals surface area contributed by atoms with Gasteiger partial charge in [0.2, 0.25) is 0 Å². The molecule has 2 saturated carbocycles. The van der Waals surface area contributed by atoms with Gasteiger partial charge in [-0.1, -0.05) is 0 Å². The zero-order chi connectivity index (χ0) is 23.8. The van der Waals surface area contributed by atoms with E-state index in [1.165, 1.54) is 0 Å². The van der Waals surface area contributed by atoms with E-state index in [4.69, 9.17) is 20.9 Å². The Bertz CT molecular complexity index is 628. The van der Waals surface area contributed by atoms with E-state index < -0.39 is 11.2 Å². The van der Waals surface area contributed by atoms with Crippen LogP contribution in [0.5, 0.6) is 0 Å². The van der Waals surface area contributed by atoms with Crippen LogP contribution in [0.25, 0.3) is 0 Å². The highest BCUT2D eigenvalue weighted by molar-refractivity contribution is 5.69. The zero-order valence-corrected chi connectivity index (χ0v) is 20.8. The number of amides is 2. The normalized spacial score (nSPS) is 34.0. The van der Waals surface area contributed by atoms with E-state index in [-0.39, 0.29) is 24.3 Å². The van der Waals surface area contributed by atoms with Gasteiger partial charge in [0.1, 0.15) is 11.2 Å². The lowest BCUT2D eigenvalue weighted by molar-refractivity contribution is 0.0269. The van der Waals surface area contributed by atoms with Crippen LogP contribution in [0, 0.1) is 23.7 Å². The molecule has 8 heteroatoms. The van der Waals surface area contributed by atoms with E-state index in [2.05, 4.69) is 0 Å². The minimum atomic E-state index is -0.406. The van der Waals surface area contributed by atoms with Crippen LogP contribution in [0.2, 0.25) is 0 Å². The van der Waals surface area contributed by atoms with Crippen molar-refractivity contribution in [3.05, 3.63) is 0 Å². The Labute approximate surface area is 193 Å². The van der Waals surface area contributed by atoms with Crippen molar-refractivity contribution in [1.82, 2.24) is 9.80 Å². The number of likely N-dealkylation sites (tertiary alicyclic amines) is 2. The van der Waals surface area contributed by atoms with Gasteiger partial charge >= 0.3 is 12.2 Å². The van der Waals surface area contributed by atoms with Gasteiger partial charge in [-0.2, -0.15) is 0 Å². The molecule has 2 saturated heterocycles. The third kappa shape index (κ3) is 6.28. The maximum absolute atomic E-state index is 11.9. The average Bonchev–Trinajstić information content (AvgIpc) is 3.37. The van der Waals surface area contributed by atoms with E-state index in [1.54, 1.807) is 0 Å². The first kappa shape index (κ1) is 25.1. The minimum absolute atomic E-state index is 0.186. The second kappa shape index (κ2) is 9.37. The molecule has 4 N–H and O–H groups in total. The molecule has 4 fully saturated rings. The first-order valence-electron chi connectivity index (χ1n) is 12.2. The second-order valence-corrected chi connectivity index (χ2v) is 12.1. The Morgan fingerprint density at radius 1 is 0.656 bits per heavy atom. The van der Waals surface area contributed by atoms with Crippen LogP contribution in [-0.4, -0.2) is 71.5 Å². The Balaban J connectivity index is 0.000000181. The monoisotopic (exact) mass is 452 g/mol. The van der Waals surface area contributed by atoms with Crippen LogP contribution in [0.15, 0.2) is 0 Å². The smallest absolute Gasteiger partial charge is 0.410 e. The number of ether oxygens (including phenoxy) is 2. The van der Waals surface area contributed by atoms with Gasteiger partial charge in [-0.25, -0.2) is 9.59 Å². The quantitative estimate of drug-likeness (QED) is 0.584. The van der Waals surface area contributed by atoms with Crippen molar-refractivity contribution in [3.8, 4) is 0 Å². The molecule has 184 valence electrons. The fourth-order valence-corrected chi connectivity index (χ4v) is 5.57. The number of nitrogens with two attached hydrogens (primary N) is 2. The van der Waals surface area contributed by atoms with Gasteiger partial charge in [-0.15, -0.1) is 0 Å². The number of hydrogen-bond donors (Lipinski definition) is 2. The van der Waals surface area contributed by atoms with Gasteiger partial charge in [0.15, 0.2) is 0 Å². The molecule has 0 aromatic carbocycles. The fourth-order valence-electron chi connectivity index (χ4n) is 5.57. The lowest BCUT2D eigenvalue weighted by Crippen LogP contribution is -2.37. The third-order valence-electron chi connectivity index (χ3n) is 7.13. The molecular formula is C24H44N4O4. The molecule has 0 aromatic heterocycles. The van der Waals surface area contributed by atoms with Gasteiger partial charge in [-0.3, -0.25) is 0 Å². The third-order valence-corrected chi connectivity index (χ3v) is 7.13. The van der Waals surface area contributed by atoms with Gasteiger partial charge in [-0.05, 0) is 90.9 Å². The summed E-state index contributed by atoms with van der Waals surface area (Å²) in [4.78, 5) is 27.4. The molecule has 2 amide bonds. The van der Waals surface area contributed by atoms with Crippen molar-refractivity contribution in [1.29, 1.82) is 0 Å². The SMILES string of the molecule is CC(C)(C)OC(=O)N1C[C@@H]2CC[C@@H](N)[C@@H]2C1.CC(C)(C)OC(=O)N1C[C@H]2CC[C@H](N)[C@H]2C1. The fraction of sp³-hybridized carbons (Fsp3) is 0.917. The molecule has 2 aliphatic carbocycles. The van der Waals surface area contributed by atoms with Crippen LogP contribution in [0.4, 0.5) is 9.59 Å². The molecule has 0 bridgehead atoms. The van der Waals surface area contributed by atoms with Crippen molar-refractivity contribution in [2.45, 2.75) is 90.5 Å². The van der Waals surface area contributed by atoms with E-state index in [0.717, 1.165) is 51.9 Å². The van der Waals surface area contributed by atoms with E-state index in [0.29, 0.717) is 23.7 Å². The van der Waals surface area contributed by atoms with Gasteiger partial charge in [0.25, 0.3) is 0 Å². The summed E-state index contributed by atoms with van der Waals surface area (Å²) < 4.78 is 10.7. The Morgan fingerprint density at radius 3 is 1.28 bits per heavy atom. The Kier molecular flexibility index (Phi) is 7.35. The predicted octanol–water partition coefficient (Wildman–Crippen LogP) is 3.18. The number of rotatable bonds is 0. The summed E-state index contributed by atoms with van der Waals surface area (Å²) in [6.45, 7) is 14.6. The summed E-state index contributed by atoms with van der Waals surface area (Å²) >= 11 is 0. The summed E-state index contributed by atoms with van der Waals surface area (Å²) in [5.74, 6) is 2.19. The highest BCUT2D eigenvalue weighted by Gasteiger charge is 2.44. The highest BCUT2D eigenvalue weighted by Crippen LogP contribution is 2.38. The number of fused-ring (bicyclic) bond motifs is 2. The molecule has 8 nitrogen and oxygen atoms in total. The molecule has 6 atom stereocenters.